The third-order valence-electron chi connectivity index (χ3n) is 4.60. The molecule has 0 aliphatic heterocycles. The van der Waals surface area contributed by atoms with E-state index >= 15 is 0 Å². The van der Waals surface area contributed by atoms with Crippen molar-refractivity contribution in [2.24, 2.45) is 5.41 Å². The molecule has 1 amide bonds. The van der Waals surface area contributed by atoms with Gasteiger partial charge in [-0.15, -0.1) is 0 Å². The minimum absolute atomic E-state index is 0.0972. The lowest BCUT2D eigenvalue weighted by atomic mass is 9.71. The topological polar surface area (TPSA) is 49.3 Å². The molecule has 2 rings (SSSR count). The highest BCUT2D eigenvalue weighted by Crippen LogP contribution is 2.39. The Morgan fingerprint density at radius 2 is 1.62 bits per heavy atom. The van der Waals surface area contributed by atoms with Crippen LogP contribution in [-0.4, -0.2) is 23.2 Å². The summed E-state index contributed by atoms with van der Waals surface area (Å²) in [7, 11) is 0. The molecular formula is C18H27NO2. The van der Waals surface area contributed by atoms with Gasteiger partial charge in [-0.05, 0) is 57.1 Å². The normalized spacial score (nSPS) is 20.0. The predicted octanol–water partition coefficient (Wildman–Crippen LogP) is 3.36. The van der Waals surface area contributed by atoms with E-state index < -0.39 is 5.60 Å². The fraction of sp³-hybridized carbons (Fsp3) is 0.611. The fourth-order valence-corrected chi connectivity index (χ4v) is 3.02. The number of aryl methyl sites for hydroxylation is 2. The van der Waals surface area contributed by atoms with Gasteiger partial charge in [-0.25, -0.2) is 0 Å². The summed E-state index contributed by atoms with van der Waals surface area (Å²) in [5.41, 5.74) is 2.40. The second kappa shape index (κ2) is 5.80. The first-order valence-electron chi connectivity index (χ1n) is 7.78. The van der Waals surface area contributed by atoms with Crippen molar-refractivity contribution in [1.29, 1.82) is 0 Å². The van der Waals surface area contributed by atoms with Crippen LogP contribution in [0.15, 0.2) is 18.2 Å². The van der Waals surface area contributed by atoms with Crippen LogP contribution in [0.2, 0.25) is 0 Å². The summed E-state index contributed by atoms with van der Waals surface area (Å²) in [6, 6.07) is 5.82. The Kier molecular flexibility index (Phi) is 4.43. The summed E-state index contributed by atoms with van der Waals surface area (Å²) in [6.45, 7) is 8.79. The summed E-state index contributed by atoms with van der Waals surface area (Å²) in [6.07, 6.45) is 3.52. The lowest BCUT2D eigenvalue weighted by molar-refractivity contribution is -0.0233. The molecule has 116 valence electrons. The van der Waals surface area contributed by atoms with Gasteiger partial charge in [-0.3, -0.25) is 4.79 Å². The van der Waals surface area contributed by atoms with E-state index in [1.807, 2.05) is 32.0 Å². The highest BCUT2D eigenvalue weighted by atomic mass is 16.3. The van der Waals surface area contributed by atoms with Gasteiger partial charge in [0.2, 0.25) is 0 Å². The lowest BCUT2D eigenvalue weighted by Gasteiger charge is -2.40. The summed E-state index contributed by atoms with van der Waals surface area (Å²) >= 11 is 0. The molecule has 0 unspecified atom stereocenters. The maximum atomic E-state index is 12.2. The van der Waals surface area contributed by atoms with E-state index in [1.54, 1.807) is 0 Å². The Morgan fingerprint density at radius 1 is 1.10 bits per heavy atom. The molecule has 3 heteroatoms. The summed E-state index contributed by atoms with van der Waals surface area (Å²) < 4.78 is 0. The zero-order valence-corrected chi connectivity index (χ0v) is 13.6. The van der Waals surface area contributed by atoms with E-state index in [1.165, 1.54) is 0 Å². The summed E-state index contributed by atoms with van der Waals surface area (Å²) in [5.74, 6) is -0.0972. The number of nitrogens with one attached hydrogen (secondary N) is 1. The first kappa shape index (κ1) is 16.0. The third kappa shape index (κ3) is 4.31. The van der Waals surface area contributed by atoms with Crippen LogP contribution < -0.4 is 5.32 Å². The molecule has 1 aromatic rings. The standard InChI is InChI=1S/C18H27NO2/c1-13-9-14(2)11-15(10-13)16(20)19-12-18(21)7-5-17(3,4)6-8-18/h9-11,21H,5-8,12H2,1-4H3,(H,19,20). The Morgan fingerprint density at radius 3 is 2.14 bits per heavy atom. The monoisotopic (exact) mass is 289 g/mol. The number of rotatable bonds is 3. The Balaban J connectivity index is 1.95. The molecule has 0 radical (unpaired) electrons. The molecule has 0 aromatic heterocycles. The Labute approximate surface area is 127 Å². The number of hydrogen-bond donors (Lipinski definition) is 2. The molecule has 1 fully saturated rings. The van der Waals surface area contributed by atoms with Crippen molar-refractivity contribution in [2.45, 2.75) is 59.0 Å². The van der Waals surface area contributed by atoms with Gasteiger partial charge in [0, 0.05) is 12.1 Å². The zero-order chi connectivity index (χ0) is 15.7. The summed E-state index contributed by atoms with van der Waals surface area (Å²) in [5, 5.41) is 13.5. The quantitative estimate of drug-likeness (QED) is 0.896. The van der Waals surface area contributed by atoms with Crippen molar-refractivity contribution in [1.82, 2.24) is 5.32 Å². The number of carbonyl (C=O) groups is 1. The second-order valence-corrected chi connectivity index (χ2v) is 7.45. The van der Waals surface area contributed by atoms with Crippen molar-refractivity contribution in [3.05, 3.63) is 34.9 Å². The maximum Gasteiger partial charge on any atom is 0.251 e. The first-order valence-corrected chi connectivity index (χ1v) is 7.78. The van der Waals surface area contributed by atoms with Crippen LogP contribution in [0, 0.1) is 19.3 Å². The smallest absolute Gasteiger partial charge is 0.251 e. The predicted molar refractivity (Wildman–Crippen MR) is 85.4 cm³/mol. The van der Waals surface area contributed by atoms with E-state index in [4.69, 9.17) is 0 Å². The van der Waals surface area contributed by atoms with Crippen molar-refractivity contribution >= 4 is 5.91 Å². The maximum absolute atomic E-state index is 12.2. The largest absolute Gasteiger partial charge is 0.388 e. The SMILES string of the molecule is Cc1cc(C)cc(C(=O)NCC2(O)CCC(C)(C)CC2)c1. The number of amides is 1. The molecular weight excluding hydrogens is 262 g/mol. The van der Waals surface area contributed by atoms with Crippen LogP contribution in [-0.2, 0) is 0 Å². The van der Waals surface area contributed by atoms with Crippen LogP contribution in [0.1, 0.15) is 61.0 Å². The summed E-state index contributed by atoms with van der Waals surface area (Å²) in [4.78, 5) is 12.2. The molecule has 1 saturated carbocycles. The molecule has 1 aliphatic rings. The van der Waals surface area contributed by atoms with Crippen molar-refractivity contribution in [3.8, 4) is 0 Å². The van der Waals surface area contributed by atoms with Gasteiger partial charge in [0.05, 0.1) is 5.60 Å². The van der Waals surface area contributed by atoms with Gasteiger partial charge >= 0.3 is 0 Å². The highest BCUT2D eigenvalue weighted by molar-refractivity contribution is 5.94. The van der Waals surface area contributed by atoms with E-state index in [2.05, 4.69) is 19.2 Å². The average molecular weight is 289 g/mol. The molecule has 1 aromatic carbocycles. The molecule has 0 heterocycles. The minimum Gasteiger partial charge on any atom is -0.388 e. The fourth-order valence-electron chi connectivity index (χ4n) is 3.02. The number of aliphatic hydroxyl groups is 1. The van der Waals surface area contributed by atoms with Gasteiger partial charge in [0.25, 0.3) is 5.91 Å². The van der Waals surface area contributed by atoms with Gasteiger partial charge < -0.3 is 10.4 Å². The van der Waals surface area contributed by atoms with Crippen LogP contribution in [0.4, 0.5) is 0 Å². The van der Waals surface area contributed by atoms with E-state index in [9.17, 15) is 9.90 Å². The van der Waals surface area contributed by atoms with Crippen LogP contribution in [0.25, 0.3) is 0 Å². The highest BCUT2D eigenvalue weighted by Gasteiger charge is 2.36. The molecule has 1 aliphatic carbocycles. The molecule has 21 heavy (non-hydrogen) atoms. The lowest BCUT2D eigenvalue weighted by Crippen LogP contribution is -2.46. The van der Waals surface area contributed by atoms with E-state index in [-0.39, 0.29) is 5.91 Å². The molecule has 0 saturated heterocycles. The minimum atomic E-state index is -0.746. The molecule has 0 spiro atoms. The zero-order valence-electron chi connectivity index (χ0n) is 13.6. The third-order valence-corrected chi connectivity index (χ3v) is 4.60. The second-order valence-electron chi connectivity index (χ2n) is 7.45. The van der Waals surface area contributed by atoms with Gasteiger partial charge in [-0.2, -0.15) is 0 Å². The van der Waals surface area contributed by atoms with Crippen molar-refractivity contribution in [2.75, 3.05) is 6.54 Å². The molecule has 0 atom stereocenters. The van der Waals surface area contributed by atoms with Crippen LogP contribution in [0.5, 0.6) is 0 Å². The van der Waals surface area contributed by atoms with Gasteiger partial charge in [0.1, 0.15) is 0 Å². The molecule has 0 bridgehead atoms. The van der Waals surface area contributed by atoms with Gasteiger partial charge in [0.15, 0.2) is 0 Å². The number of carbonyl (C=O) groups excluding carboxylic acids is 1. The van der Waals surface area contributed by atoms with Crippen molar-refractivity contribution in [3.63, 3.8) is 0 Å². The number of hydrogen-bond acceptors (Lipinski definition) is 2. The Bertz CT molecular complexity index is 504. The Hall–Kier alpha value is -1.35. The molecule has 2 N–H and O–H groups in total. The first-order chi connectivity index (χ1) is 9.69. The van der Waals surface area contributed by atoms with Gasteiger partial charge in [-0.1, -0.05) is 31.0 Å². The van der Waals surface area contributed by atoms with E-state index in [0.717, 1.165) is 36.8 Å². The van der Waals surface area contributed by atoms with E-state index in [0.29, 0.717) is 17.5 Å². The molecule has 3 nitrogen and oxygen atoms in total. The van der Waals surface area contributed by atoms with Crippen molar-refractivity contribution < 1.29 is 9.90 Å². The van der Waals surface area contributed by atoms with Crippen LogP contribution >= 0.6 is 0 Å². The van der Waals surface area contributed by atoms with Crippen LogP contribution in [0.3, 0.4) is 0 Å². The number of benzene rings is 1. The average Bonchev–Trinajstić information content (AvgIpc) is 2.39.